The summed E-state index contributed by atoms with van der Waals surface area (Å²) in [4.78, 5) is 27.2. The monoisotopic (exact) mass is 554 g/mol. The van der Waals surface area contributed by atoms with Gasteiger partial charge in [-0.2, -0.15) is 13.2 Å². The minimum Gasteiger partial charge on any atom is -0.492 e. The number of hydrogen-bond donors (Lipinski definition) is 3. The van der Waals surface area contributed by atoms with Crippen LogP contribution in [0, 0.1) is 0 Å². The van der Waals surface area contributed by atoms with Crippen LogP contribution in [-0.4, -0.2) is 73.0 Å². The minimum atomic E-state index is -5.08. The summed E-state index contributed by atoms with van der Waals surface area (Å²) in [5, 5.41) is 15.7. The highest BCUT2D eigenvalue weighted by Gasteiger charge is 2.38. The topological polar surface area (TPSA) is 152 Å². The molecule has 0 bridgehead atoms. The lowest BCUT2D eigenvalue weighted by atomic mass is 10.1. The van der Waals surface area contributed by atoms with E-state index in [0.29, 0.717) is 29.5 Å². The molecule has 0 radical (unpaired) electrons. The number of carboxylic acids is 1. The van der Waals surface area contributed by atoms with Crippen LogP contribution in [0.25, 0.3) is 0 Å². The number of sulfonamides is 1. The fourth-order valence-corrected chi connectivity index (χ4v) is 3.27. The summed E-state index contributed by atoms with van der Waals surface area (Å²) in [5.41, 5.74) is 1.24. The number of ether oxygens (including phenoxy) is 1. The number of carboxylic acid groups (broad SMARTS) is 1. The predicted molar refractivity (Wildman–Crippen MR) is 128 cm³/mol. The Bertz CT molecular complexity index is 1120. The third kappa shape index (κ3) is 12.0. The summed E-state index contributed by atoms with van der Waals surface area (Å²) < 4.78 is 60.0. The van der Waals surface area contributed by atoms with E-state index in [0.717, 1.165) is 5.69 Å². The van der Waals surface area contributed by atoms with E-state index < -0.39 is 22.2 Å². The lowest BCUT2D eigenvalue weighted by Crippen LogP contribution is -2.41. The van der Waals surface area contributed by atoms with E-state index in [2.05, 4.69) is 10.3 Å². The Kier molecular flexibility index (Phi) is 11.9. The van der Waals surface area contributed by atoms with Crippen molar-refractivity contribution < 1.29 is 41.0 Å². The molecule has 0 aliphatic carbocycles. The van der Waals surface area contributed by atoms with E-state index >= 15 is 0 Å². The number of nitrogens with one attached hydrogen (secondary N) is 1. The van der Waals surface area contributed by atoms with Gasteiger partial charge in [-0.05, 0) is 44.2 Å². The van der Waals surface area contributed by atoms with Gasteiger partial charge in [0.15, 0.2) is 0 Å². The number of benzene rings is 1. The Morgan fingerprint density at radius 2 is 1.81 bits per heavy atom. The molecule has 0 fully saturated rings. The van der Waals surface area contributed by atoms with Crippen LogP contribution in [0.5, 0.6) is 5.75 Å². The van der Waals surface area contributed by atoms with Crippen molar-refractivity contribution in [1.82, 2.24) is 9.88 Å². The van der Waals surface area contributed by atoms with Crippen molar-refractivity contribution in [3.63, 3.8) is 0 Å². The van der Waals surface area contributed by atoms with Crippen LogP contribution in [0.1, 0.15) is 24.2 Å². The molecule has 0 aliphatic rings. The van der Waals surface area contributed by atoms with Crippen molar-refractivity contribution in [3.05, 3.63) is 53.3 Å². The first-order valence-electron chi connectivity index (χ1n) is 10.3. The van der Waals surface area contributed by atoms with Gasteiger partial charge in [0.25, 0.3) is 5.91 Å². The first kappa shape index (κ1) is 30.9. The second-order valence-electron chi connectivity index (χ2n) is 7.45. The normalized spacial score (nSPS) is 11.3. The molecule has 0 aliphatic heterocycles. The van der Waals surface area contributed by atoms with Gasteiger partial charge in [-0.3, -0.25) is 9.78 Å². The van der Waals surface area contributed by atoms with E-state index in [4.69, 9.17) is 31.4 Å². The van der Waals surface area contributed by atoms with Crippen molar-refractivity contribution in [3.8, 4) is 5.75 Å². The number of carbonyl (C=O) groups excluding carboxylic acids is 1. The SMILES string of the molecule is CC(C)N(CCS(N)(=O)=O)C(=O)c1cc(Cl)cc(OCCNc2ccncc2)c1.O=C(O)C(F)(F)F. The summed E-state index contributed by atoms with van der Waals surface area (Å²) in [6, 6.07) is 8.22. The molecular formula is C21H26ClF3N4O6S. The molecule has 0 unspecified atom stereocenters. The number of nitrogens with two attached hydrogens (primary N) is 1. The fourth-order valence-electron chi connectivity index (χ4n) is 2.59. The number of anilines is 1. The molecule has 1 heterocycles. The standard InChI is InChI=1S/C19H25ClN4O4S.C2HF3O2/c1-14(2)24(8-10-29(21,26)27)19(25)15-11-16(20)13-18(12-15)28-9-7-23-17-3-5-22-6-4-17;3-2(4,5)1(6)7/h3-6,11-14H,7-10H2,1-2H3,(H,22,23)(H2,21,26,27);(H,6,7). The maximum Gasteiger partial charge on any atom is 0.490 e. The van der Waals surface area contributed by atoms with Gasteiger partial charge in [-0.1, -0.05) is 11.6 Å². The van der Waals surface area contributed by atoms with Crippen molar-refractivity contribution in [2.75, 3.05) is 30.8 Å². The summed E-state index contributed by atoms with van der Waals surface area (Å²) in [5.74, 6) is -2.97. The van der Waals surface area contributed by atoms with E-state index in [-0.39, 0.29) is 24.2 Å². The number of pyridine rings is 1. The largest absolute Gasteiger partial charge is 0.492 e. The number of aliphatic carboxylic acids is 1. The lowest BCUT2D eigenvalue weighted by molar-refractivity contribution is -0.192. The number of amides is 1. The summed E-state index contributed by atoms with van der Waals surface area (Å²) in [6.07, 6.45) is -1.71. The van der Waals surface area contributed by atoms with E-state index in [1.807, 2.05) is 12.1 Å². The van der Waals surface area contributed by atoms with E-state index in [9.17, 15) is 26.4 Å². The average Bonchev–Trinajstić information content (AvgIpc) is 2.76. The Balaban J connectivity index is 0.000000809. The molecule has 15 heteroatoms. The van der Waals surface area contributed by atoms with Gasteiger partial charge in [0.1, 0.15) is 12.4 Å². The molecule has 0 saturated heterocycles. The zero-order valence-corrected chi connectivity index (χ0v) is 20.9. The van der Waals surface area contributed by atoms with Crippen molar-refractivity contribution in [2.24, 2.45) is 5.14 Å². The number of rotatable bonds is 10. The number of halogens is 4. The molecule has 2 rings (SSSR count). The molecule has 0 spiro atoms. The summed E-state index contributed by atoms with van der Waals surface area (Å²) in [6.45, 7) is 4.50. The van der Waals surface area contributed by atoms with Crippen LogP contribution >= 0.6 is 11.6 Å². The van der Waals surface area contributed by atoms with Crippen molar-refractivity contribution >= 4 is 39.2 Å². The Hall–Kier alpha value is -3.10. The van der Waals surface area contributed by atoms with E-state index in [1.165, 1.54) is 11.0 Å². The summed E-state index contributed by atoms with van der Waals surface area (Å²) >= 11 is 6.15. The van der Waals surface area contributed by atoms with Gasteiger partial charge in [-0.15, -0.1) is 0 Å². The Morgan fingerprint density at radius 3 is 2.31 bits per heavy atom. The molecule has 1 aromatic carbocycles. The predicted octanol–water partition coefficient (Wildman–Crippen LogP) is 3.00. The number of carbonyl (C=O) groups is 2. The Morgan fingerprint density at radius 1 is 1.22 bits per heavy atom. The van der Waals surface area contributed by atoms with Crippen LogP contribution in [0.4, 0.5) is 18.9 Å². The van der Waals surface area contributed by atoms with Crippen LogP contribution in [-0.2, 0) is 14.8 Å². The average molecular weight is 555 g/mol. The quantitative estimate of drug-likeness (QED) is 0.379. The molecular weight excluding hydrogens is 529 g/mol. The third-order valence-corrected chi connectivity index (χ3v) is 5.21. The molecule has 0 atom stereocenters. The van der Waals surface area contributed by atoms with Gasteiger partial charge in [-0.25, -0.2) is 18.4 Å². The second kappa shape index (κ2) is 13.8. The number of nitrogens with zero attached hydrogens (tertiary/aromatic N) is 2. The van der Waals surface area contributed by atoms with Gasteiger partial charge in [0.2, 0.25) is 10.0 Å². The zero-order valence-electron chi connectivity index (χ0n) is 19.3. The highest BCUT2D eigenvalue weighted by atomic mass is 35.5. The molecule has 200 valence electrons. The maximum atomic E-state index is 12.9. The molecule has 1 amide bonds. The zero-order chi connectivity index (χ0) is 27.5. The molecule has 2 aromatic rings. The van der Waals surface area contributed by atoms with Gasteiger partial charge in [0.05, 0.1) is 5.75 Å². The van der Waals surface area contributed by atoms with Gasteiger partial charge < -0.3 is 20.1 Å². The van der Waals surface area contributed by atoms with Crippen LogP contribution < -0.4 is 15.2 Å². The van der Waals surface area contributed by atoms with Gasteiger partial charge >= 0.3 is 12.1 Å². The molecule has 0 saturated carbocycles. The Labute approximate surface area is 211 Å². The van der Waals surface area contributed by atoms with Crippen molar-refractivity contribution in [1.29, 1.82) is 0 Å². The first-order chi connectivity index (χ1) is 16.6. The molecule has 4 N–H and O–H groups in total. The fraction of sp³-hybridized carbons (Fsp3) is 0.381. The smallest absolute Gasteiger partial charge is 0.490 e. The number of aromatic nitrogens is 1. The van der Waals surface area contributed by atoms with Crippen LogP contribution in [0.2, 0.25) is 5.02 Å². The third-order valence-electron chi connectivity index (χ3n) is 4.24. The number of primary sulfonamides is 1. The van der Waals surface area contributed by atoms with E-state index in [1.54, 1.807) is 38.4 Å². The first-order valence-corrected chi connectivity index (χ1v) is 12.4. The number of alkyl halides is 3. The van der Waals surface area contributed by atoms with Crippen molar-refractivity contribution in [2.45, 2.75) is 26.1 Å². The highest BCUT2D eigenvalue weighted by molar-refractivity contribution is 7.89. The van der Waals surface area contributed by atoms with Crippen LogP contribution in [0.15, 0.2) is 42.7 Å². The second-order valence-corrected chi connectivity index (χ2v) is 9.62. The molecule has 1 aromatic heterocycles. The lowest BCUT2D eigenvalue weighted by Gasteiger charge is -2.26. The van der Waals surface area contributed by atoms with Crippen LogP contribution in [0.3, 0.4) is 0 Å². The van der Waals surface area contributed by atoms with Gasteiger partial charge in [0, 0.05) is 47.8 Å². The molecule has 36 heavy (non-hydrogen) atoms. The summed E-state index contributed by atoms with van der Waals surface area (Å²) in [7, 11) is -3.68. The minimum absolute atomic E-state index is 0.00606. The highest BCUT2D eigenvalue weighted by Crippen LogP contribution is 2.23. The maximum absolute atomic E-state index is 12.9. The molecule has 10 nitrogen and oxygen atoms in total. The number of hydrogen-bond acceptors (Lipinski definition) is 7.